The molecule has 1 saturated carbocycles. The first-order valence-electron chi connectivity index (χ1n) is 6.02. The Morgan fingerprint density at radius 2 is 2.12 bits per heavy atom. The predicted molar refractivity (Wildman–Crippen MR) is 60.5 cm³/mol. The Hall–Kier alpha value is -1.26. The number of aryl methyl sites for hydroxylation is 1. The summed E-state index contributed by atoms with van der Waals surface area (Å²) in [7, 11) is 0. The smallest absolute Gasteiger partial charge is 0.266 e. The van der Waals surface area contributed by atoms with Crippen LogP contribution in [0.2, 0.25) is 0 Å². The van der Waals surface area contributed by atoms with Crippen molar-refractivity contribution < 1.29 is 8.78 Å². The highest BCUT2D eigenvalue weighted by atomic mass is 19.3. The van der Waals surface area contributed by atoms with Gasteiger partial charge in [-0.3, -0.25) is 0 Å². The lowest BCUT2D eigenvalue weighted by Gasteiger charge is -2.18. The van der Waals surface area contributed by atoms with E-state index < -0.39 is 5.92 Å². The molecule has 3 nitrogen and oxygen atoms in total. The molecule has 0 radical (unpaired) electrons. The fourth-order valence-electron chi connectivity index (χ4n) is 2.19. The maximum atomic E-state index is 13.2. The third-order valence-corrected chi connectivity index (χ3v) is 3.29. The normalized spacial score (nSPS) is 23.1. The molecule has 2 aliphatic rings. The lowest BCUT2D eigenvalue weighted by molar-refractivity contribution is 0.0256. The van der Waals surface area contributed by atoms with E-state index in [1.54, 1.807) is 11.0 Å². The third-order valence-electron chi connectivity index (χ3n) is 3.29. The van der Waals surface area contributed by atoms with Gasteiger partial charge in [0.15, 0.2) is 0 Å². The van der Waals surface area contributed by atoms with Crippen LogP contribution in [0.1, 0.15) is 36.7 Å². The average molecular weight is 239 g/mol. The van der Waals surface area contributed by atoms with E-state index in [1.807, 2.05) is 6.92 Å². The molecule has 1 aliphatic heterocycles. The Morgan fingerprint density at radius 3 is 2.71 bits per heavy atom. The molecule has 1 aromatic rings. The van der Waals surface area contributed by atoms with Gasteiger partial charge < -0.3 is 4.90 Å². The first-order chi connectivity index (χ1) is 8.03. The molecule has 2 fully saturated rings. The zero-order chi connectivity index (χ0) is 12.0. The van der Waals surface area contributed by atoms with Gasteiger partial charge in [0.2, 0.25) is 0 Å². The highest BCUT2D eigenvalue weighted by molar-refractivity contribution is 5.42. The van der Waals surface area contributed by atoms with Crippen LogP contribution in [0.5, 0.6) is 0 Å². The first-order valence-corrected chi connectivity index (χ1v) is 6.02. The summed E-state index contributed by atoms with van der Waals surface area (Å²) in [5.41, 5.74) is 0.868. The number of anilines is 1. The van der Waals surface area contributed by atoms with E-state index in [0.29, 0.717) is 18.3 Å². The highest BCUT2D eigenvalue weighted by Gasteiger charge is 2.39. The highest BCUT2D eigenvalue weighted by Crippen LogP contribution is 2.39. The Morgan fingerprint density at radius 1 is 1.35 bits per heavy atom. The summed E-state index contributed by atoms with van der Waals surface area (Å²) in [5.74, 6) is -0.623. The molecule has 5 heteroatoms. The van der Waals surface area contributed by atoms with Crippen molar-refractivity contribution in [2.45, 2.75) is 38.0 Å². The predicted octanol–water partition coefficient (Wildman–Crippen LogP) is 2.51. The lowest BCUT2D eigenvalue weighted by Crippen LogP contribution is -2.26. The minimum atomic E-state index is -2.57. The number of hydrogen-bond donors (Lipinski definition) is 0. The van der Waals surface area contributed by atoms with E-state index in [4.69, 9.17) is 0 Å². The molecule has 0 N–H and O–H groups in total. The Kier molecular flexibility index (Phi) is 2.31. The standard InChI is InChI=1S/C12H15F2N3/c1-8-6-10(16-11(15-8)9-2-3-9)17-5-4-12(13,14)7-17/h6,9H,2-5,7H2,1H3. The fourth-order valence-corrected chi connectivity index (χ4v) is 2.19. The van der Waals surface area contributed by atoms with E-state index >= 15 is 0 Å². The number of alkyl halides is 2. The second kappa shape index (κ2) is 3.62. The molecule has 0 spiro atoms. The number of rotatable bonds is 2. The van der Waals surface area contributed by atoms with E-state index in [1.165, 1.54) is 0 Å². The quantitative estimate of drug-likeness (QED) is 0.794. The van der Waals surface area contributed by atoms with Crippen LogP contribution < -0.4 is 4.90 Å². The van der Waals surface area contributed by atoms with Gasteiger partial charge in [0.05, 0.1) is 6.54 Å². The summed E-state index contributed by atoms with van der Waals surface area (Å²) in [6, 6.07) is 1.80. The van der Waals surface area contributed by atoms with Gasteiger partial charge in [-0.15, -0.1) is 0 Å². The monoisotopic (exact) mass is 239 g/mol. The zero-order valence-corrected chi connectivity index (χ0v) is 9.79. The Bertz CT molecular complexity index is 443. The van der Waals surface area contributed by atoms with Gasteiger partial charge in [0, 0.05) is 30.6 Å². The molecule has 0 aromatic carbocycles. The van der Waals surface area contributed by atoms with Gasteiger partial charge in [-0.25, -0.2) is 18.7 Å². The van der Waals surface area contributed by atoms with Gasteiger partial charge >= 0.3 is 0 Å². The van der Waals surface area contributed by atoms with Crippen molar-refractivity contribution >= 4 is 5.82 Å². The summed E-state index contributed by atoms with van der Waals surface area (Å²) in [6.45, 7) is 2.06. The topological polar surface area (TPSA) is 29.0 Å². The molecule has 17 heavy (non-hydrogen) atoms. The summed E-state index contributed by atoms with van der Waals surface area (Å²) >= 11 is 0. The molecular weight excluding hydrogens is 224 g/mol. The molecule has 1 aromatic heterocycles. The molecular formula is C12H15F2N3. The van der Waals surface area contributed by atoms with Crippen molar-refractivity contribution in [1.29, 1.82) is 0 Å². The minimum Gasteiger partial charge on any atom is -0.350 e. The van der Waals surface area contributed by atoms with Crippen molar-refractivity contribution in [2.75, 3.05) is 18.0 Å². The Labute approximate surface area is 98.9 Å². The van der Waals surface area contributed by atoms with Crippen LogP contribution >= 0.6 is 0 Å². The largest absolute Gasteiger partial charge is 0.350 e. The van der Waals surface area contributed by atoms with Crippen LogP contribution in [0, 0.1) is 6.92 Å². The van der Waals surface area contributed by atoms with Crippen molar-refractivity contribution in [3.8, 4) is 0 Å². The van der Waals surface area contributed by atoms with Gasteiger partial charge in [0.1, 0.15) is 11.6 Å². The summed E-state index contributed by atoms with van der Waals surface area (Å²) in [5, 5.41) is 0. The zero-order valence-electron chi connectivity index (χ0n) is 9.79. The minimum absolute atomic E-state index is 0.0746. The summed E-state index contributed by atoms with van der Waals surface area (Å²) in [4.78, 5) is 10.5. The maximum Gasteiger partial charge on any atom is 0.266 e. The summed E-state index contributed by atoms with van der Waals surface area (Å²) < 4.78 is 26.3. The molecule has 0 bridgehead atoms. The molecule has 0 atom stereocenters. The van der Waals surface area contributed by atoms with Crippen molar-refractivity contribution in [3.05, 3.63) is 17.6 Å². The molecule has 92 valence electrons. The van der Waals surface area contributed by atoms with Gasteiger partial charge in [0.25, 0.3) is 5.92 Å². The van der Waals surface area contributed by atoms with Crippen molar-refractivity contribution in [2.24, 2.45) is 0 Å². The van der Waals surface area contributed by atoms with Gasteiger partial charge in [-0.2, -0.15) is 0 Å². The summed E-state index contributed by atoms with van der Waals surface area (Å²) in [6.07, 6.45) is 2.17. The Balaban J connectivity index is 1.87. The second-order valence-corrected chi connectivity index (χ2v) is 5.03. The van der Waals surface area contributed by atoms with Gasteiger partial charge in [-0.1, -0.05) is 0 Å². The van der Waals surface area contributed by atoms with Crippen LogP contribution in [-0.2, 0) is 0 Å². The number of halogens is 2. The van der Waals surface area contributed by atoms with Crippen LogP contribution in [0.4, 0.5) is 14.6 Å². The molecule has 1 saturated heterocycles. The molecule has 0 amide bonds. The van der Waals surface area contributed by atoms with E-state index in [-0.39, 0.29) is 13.0 Å². The lowest BCUT2D eigenvalue weighted by atomic mass is 10.3. The SMILES string of the molecule is Cc1cc(N2CCC(F)(F)C2)nc(C2CC2)n1. The van der Waals surface area contributed by atoms with Crippen LogP contribution in [-0.4, -0.2) is 29.0 Å². The first kappa shape index (κ1) is 10.9. The van der Waals surface area contributed by atoms with Crippen LogP contribution in [0.25, 0.3) is 0 Å². The van der Waals surface area contributed by atoms with E-state index in [2.05, 4.69) is 9.97 Å². The number of aromatic nitrogens is 2. The van der Waals surface area contributed by atoms with Crippen molar-refractivity contribution in [1.82, 2.24) is 9.97 Å². The molecule has 0 unspecified atom stereocenters. The maximum absolute atomic E-state index is 13.2. The molecule has 1 aliphatic carbocycles. The number of nitrogens with zero attached hydrogens (tertiary/aromatic N) is 3. The van der Waals surface area contributed by atoms with Gasteiger partial charge in [-0.05, 0) is 19.8 Å². The van der Waals surface area contributed by atoms with Crippen LogP contribution in [0.15, 0.2) is 6.07 Å². The second-order valence-electron chi connectivity index (χ2n) is 5.03. The third kappa shape index (κ3) is 2.23. The fraction of sp³-hybridized carbons (Fsp3) is 0.667. The number of hydrogen-bond acceptors (Lipinski definition) is 3. The van der Waals surface area contributed by atoms with E-state index in [0.717, 1.165) is 24.4 Å². The molecule has 2 heterocycles. The average Bonchev–Trinajstić information content (AvgIpc) is 3.02. The molecule has 3 rings (SSSR count). The van der Waals surface area contributed by atoms with Crippen LogP contribution in [0.3, 0.4) is 0 Å². The van der Waals surface area contributed by atoms with E-state index in [9.17, 15) is 8.78 Å². The van der Waals surface area contributed by atoms with Crippen molar-refractivity contribution in [3.63, 3.8) is 0 Å².